The molecule has 1 fully saturated rings. The van der Waals surface area contributed by atoms with Crippen molar-refractivity contribution in [2.24, 2.45) is 0 Å². The molecule has 1 heterocycles. The van der Waals surface area contributed by atoms with Crippen molar-refractivity contribution >= 4 is 46.7 Å². The standard InChI is InChI=1S/C21H25ClN2OS2/c1-15-3-4-17(14-24-9-11-26-12-10-24)13-20(15)23-21(25)16(2)27-19-7-5-18(22)6-8-19/h3-8,13,16H,9-12,14H2,1-2H3,(H,23,25). The molecule has 1 aliphatic rings. The lowest BCUT2D eigenvalue weighted by Crippen LogP contribution is -2.32. The summed E-state index contributed by atoms with van der Waals surface area (Å²) >= 11 is 9.48. The predicted octanol–water partition coefficient (Wildman–Crippen LogP) is 5.32. The lowest BCUT2D eigenvalue weighted by atomic mass is 10.1. The van der Waals surface area contributed by atoms with Crippen molar-refractivity contribution in [2.45, 2.75) is 30.5 Å². The normalized spacial score (nSPS) is 16.1. The van der Waals surface area contributed by atoms with Crippen molar-refractivity contribution in [3.63, 3.8) is 0 Å². The molecular formula is C21H25ClN2OS2. The fourth-order valence-electron chi connectivity index (χ4n) is 2.92. The van der Waals surface area contributed by atoms with Crippen LogP contribution in [0.3, 0.4) is 0 Å². The zero-order chi connectivity index (χ0) is 19.2. The van der Waals surface area contributed by atoms with Crippen LogP contribution in [0.25, 0.3) is 0 Å². The molecule has 0 spiro atoms. The third-order valence-corrected chi connectivity index (χ3v) is 6.87. The Morgan fingerprint density at radius 2 is 1.93 bits per heavy atom. The van der Waals surface area contributed by atoms with E-state index >= 15 is 0 Å². The van der Waals surface area contributed by atoms with Gasteiger partial charge < -0.3 is 5.32 Å². The van der Waals surface area contributed by atoms with E-state index < -0.39 is 0 Å². The molecule has 1 amide bonds. The van der Waals surface area contributed by atoms with Crippen LogP contribution >= 0.6 is 35.1 Å². The molecule has 0 aromatic heterocycles. The zero-order valence-electron chi connectivity index (χ0n) is 15.7. The van der Waals surface area contributed by atoms with Gasteiger partial charge in [0.25, 0.3) is 0 Å². The summed E-state index contributed by atoms with van der Waals surface area (Å²) in [6.07, 6.45) is 0. The smallest absolute Gasteiger partial charge is 0.237 e. The van der Waals surface area contributed by atoms with E-state index in [4.69, 9.17) is 11.6 Å². The number of hydrogen-bond acceptors (Lipinski definition) is 4. The van der Waals surface area contributed by atoms with E-state index in [2.05, 4.69) is 28.4 Å². The SMILES string of the molecule is Cc1ccc(CN2CCSCC2)cc1NC(=O)C(C)Sc1ccc(Cl)cc1. The molecular weight excluding hydrogens is 396 g/mol. The fraction of sp³-hybridized carbons (Fsp3) is 0.381. The van der Waals surface area contributed by atoms with Crippen LogP contribution < -0.4 is 5.32 Å². The van der Waals surface area contributed by atoms with Gasteiger partial charge in [-0.2, -0.15) is 11.8 Å². The van der Waals surface area contributed by atoms with E-state index in [-0.39, 0.29) is 11.2 Å². The van der Waals surface area contributed by atoms with E-state index in [0.717, 1.165) is 35.8 Å². The Balaban J connectivity index is 1.61. The second kappa shape index (κ2) is 9.87. The molecule has 0 aliphatic carbocycles. The molecule has 1 N–H and O–H groups in total. The van der Waals surface area contributed by atoms with Crippen LogP contribution in [0.2, 0.25) is 5.02 Å². The van der Waals surface area contributed by atoms with Crippen LogP contribution in [0.15, 0.2) is 47.4 Å². The van der Waals surface area contributed by atoms with Crippen LogP contribution in [0.4, 0.5) is 5.69 Å². The molecule has 3 nitrogen and oxygen atoms in total. The first-order valence-electron chi connectivity index (χ1n) is 9.14. The number of benzene rings is 2. The van der Waals surface area contributed by atoms with Crippen LogP contribution in [-0.2, 0) is 11.3 Å². The third-order valence-electron chi connectivity index (χ3n) is 4.57. The van der Waals surface area contributed by atoms with Crippen LogP contribution in [0.1, 0.15) is 18.1 Å². The number of aryl methyl sites for hydroxylation is 1. The van der Waals surface area contributed by atoms with Gasteiger partial charge in [-0.1, -0.05) is 23.7 Å². The molecule has 3 rings (SSSR count). The Labute approximate surface area is 175 Å². The lowest BCUT2D eigenvalue weighted by molar-refractivity contribution is -0.115. The predicted molar refractivity (Wildman–Crippen MR) is 119 cm³/mol. The quantitative estimate of drug-likeness (QED) is 0.641. The third kappa shape index (κ3) is 6.18. The Kier molecular flexibility index (Phi) is 7.53. The number of amides is 1. The number of anilines is 1. The van der Waals surface area contributed by atoms with E-state index in [1.807, 2.05) is 49.9 Å². The molecule has 1 saturated heterocycles. The second-order valence-electron chi connectivity index (χ2n) is 6.74. The highest BCUT2D eigenvalue weighted by Crippen LogP contribution is 2.26. The lowest BCUT2D eigenvalue weighted by Gasteiger charge is -2.26. The molecule has 0 saturated carbocycles. The maximum absolute atomic E-state index is 12.7. The van der Waals surface area contributed by atoms with Crippen molar-refractivity contribution in [3.05, 3.63) is 58.6 Å². The summed E-state index contributed by atoms with van der Waals surface area (Å²) < 4.78 is 0. The fourth-order valence-corrected chi connectivity index (χ4v) is 4.90. The van der Waals surface area contributed by atoms with E-state index in [0.29, 0.717) is 5.02 Å². The molecule has 27 heavy (non-hydrogen) atoms. The first-order valence-corrected chi connectivity index (χ1v) is 11.6. The Morgan fingerprint density at radius 1 is 1.22 bits per heavy atom. The van der Waals surface area contributed by atoms with Gasteiger partial charge in [0.15, 0.2) is 0 Å². The molecule has 144 valence electrons. The van der Waals surface area contributed by atoms with Gasteiger partial charge in [-0.25, -0.2) is 0 Å². The summed E-state index contributed by atoms with van der Waals surface area (Å²) in [6, 6.07) is 14.0. The van der Waals surface area contributed by atoms with Gasteiger partial charge in [-0.05, 0) is 55.3 Å². The van der Waals surface area contributed by atoms with Gasteiger partial charge in [-0.15, -0.1) is 11.8 Å². The summed E-state index contributed by atoms with van der Waals surface area (Å²) in [7, 11) is 0. The molecule has 0 radical (unpaired) electrons. The number of nitrogens with one attached hydrogen (secondary N) is 1. The number of carbonyl (C=O) groups excluding carboxylic acids is 1. The largest absolute Gasteiger partial charge is 0.325 e. The molecule has 1 aliphatic heterocycles. The molecule has 0 bridgehead atoms. The Hall–Kier alpha value is -1.14. The van der Waals surface area contributed by atoms with Gasteiger partial charge in [0.1, 0.15) is 0 Å². The van der Waals surface area contributed by atoms with Crippen molar-refractivity contribution in [1.29, 1.82) is 0 Å². The number of rotatable bonds is 6. The van der Waals surface area contributed by atoms with Gasteiger partial charge >= 0.3 is 0 Å². The van der Waals surface area contributed by atoms with E-state index in [1.54, 1.807) is 0 Å². The monoisotopic (exact) mass is 420 g/mol. The summed E-state index contributed by atoms with van der Waals surface area (Å²) in [5.74, 6) is 2.42. The minimum atomic E-state index is -0.187. The highest BCUT2D eigenvalue weighted by atomic mass is 35.5. The Bertz CT molecular complexity index is 776. The summed E-state index contributed by atoms with van der Waals surface area (Å²) in [5, 5.41) is 3.63. The maximum Gasteiger partial charge on any atom is 0.237 e. The van der Waals surface area contributed by atoms with Gasteiger partial charge in [0, 0.05) is 46.7 Å². The van der Waals surface area contributed by atoms with E-state index in [9.17, 15) is 4.79 Å². The molecule has 1 unspecified atom stereocenters. The molecule has 1 atom stereocenters. The van der Waals surface area contributed by atoms with Gasteiger partial charge in [-0.3, -0.25) is 9.69 Å². The molecule has 2 aromatic rings. The average Bonchev–Trinajstić information content (AvgIpc) is 2.67. The van der Waals surface area contributed by atoms with E-state index in [1.165, 1.54) is 28.8 Å². The average molecular weight is 421 g/mol. The first-order chi connectivity index (χ1) is 13.0. The number of carbonyl (C=O) groups is 1. The second-order valence-corrected chi connectivity index (χ2v) is 9.82. The van der Waals surface area contributed by atoms with Crippen LogP contribution in [0, 0.1) is 6.92 Å². The van der Waals surface area contributed by atoms with Crippen molar-refractivity contribution < 1.29 is 4.79 Å². The Morgan fingerprint density at radius 3 is 2.63 bits per heavy atom. The molecule has 6 heteroatoms. The van der Waals surface area contributed by atoms with Gasteiger partial charge in [0.05, 0.1) is 5.25 Å². The van der Waals surface area contributed by atoms with Crippen molar-refractivity contribution in [3.8, 4) is 0 Å². The summed E-state index contributed by atoms with van der Waals surface area (Å²) in [6.45, 7) is 7.18. The highest BCUT2D eigenvalue weighted by molar-refractivity contribution is 8.00. The molecule has 2 aromatic carbocycles. The van der Waals surface area contributed by atoms with Crippen molar-refractivity contribution in [2.75, 3.05) is 29.9 Å². The minimum absolute atomic E-state index is 0.0181. The highest BCUT2D eigenvalue weighted by Gasteiger charge is 2.16. The van der Waals surface area contributed by atoms with Gasteiger partial charge in [0.2, 0.25) is 5.91 Å². The first kappa shape index (κ1) is 20.6. The van der Waals surface area contributed by atoms with Crippen molar-refractivity contribution in [1.82, 2.24) is 4.90 Å². The minimum Gasteiger partial charge on any atom is -0.325 e. The summed E-state index contributed by atoms with van der Waals surface area (Å²) in [5.41, 5.74) is 3.25. The number of halogens is 1. The topological polar surface area (TPSA) is 32.3 Å². The number of nitrogens with zero attached hydrogens (tertiary/aromatic N) is 1. The van der Waals surface area contributed by atoms with Crippen LogP contribution in [-0.4, -0.2) is 40.7 Å². The zero-order valence-corrected chi connectivity index (χ0v) is 18.1. The van der Waals surface area contributed by atoms with Crippen LogP contribution in [0.5, 0.6) is 0 Å². The maximum atomic E-state index is 12.7. The summed E-state index contributed by atoms with van der Waals surface area (Å²) in [4.78, 5) is 16.2. The number of hydrogen-bond donors (Lipinski definition) is 1. The number of thioether (sulfide) groups is 2.